The molecule has 47 heavy (non-hydrogen) atoms. The van der Waals surface area contributed by atoms with Crippen LogP contribution < -0.4 is 15.8 Å². The van der Waals surface area contributed by atoms with Crippen LogP contribution in [0.3, 0.4) is 0 Å². The van der Waals surface area contributed by atoms with E-state index in [1.807, 2.05) is 12.2 Å². The Bertz CT molecular complexity index is 1460. The number of ether oxygens (including phenoxy) is 2. The Labute approximate surface area is 275 Å². The topological polar surface area (TPSA) is 204 Å². The van der Waals surface area contributed by atoms with E-state index >= 15 is 0 Å². The van der Waals surface area contributed by atoms with Gasteiger partial charge in [-0.2, -0.15) is 0 Å². The smallest absolute Gasteiger partial charge is 0.408 e. The molecule has 15 heteroatoms. The van der Waals surface area contributed by atoms with Gasteiger partial charge in [-0.3, -0.25) is 19.1 Å². The number of nitrogens with two attached hydrogens (primary N) is 1. The first-order valence-electron chi connectivity index (χ1n) is 16.1. The van der Waals surface area contributed by atoms with Crippen molar-refractivity contribution in [2.24, 2.45) is 17.6 Å². The number of alkyl carbamates (subject to hydrolysis) is 1. The summed E-state index contributed by atoms with van der Waals surface area (Å²) in [4.78, 5) is 68.7. The number of pyridine rings is 1. The Kier molecular flexibility index (Phi) is 11.6. The SMILES string of the molecule is CC(C)(C)OC(=O)N[C@@H](CCCCC/C=C\[C@@H]1C[C@@H]1C(=O)NS(=O)(=O)C1CC1)C(=O)N1C[C@H](OC(=O)c2ccccn2)C[C@H]1C(N)=O. The fourth-order valence-corrected chi connectivity index (χ4v) is 6.82. The first-order chi connectivity index (χ1) is 22.1. The third-order valence-corrected chi connectivity index (χ3v) is 9.98. The lowest BCUT2D eigenvalue weighted by Gasteiger charge is -2.28. The molecule has 1 aromatic heterocycles. The molecule has 14 nitrogen and oxygen atoms in total. The van der Waals surface area contributed by atoms with Gasteiger partial charge in [-0.05, 0) is 77.3 Å². The minimum atomic E-state index is -3.54. The number of carbonyl (C=O) groups is 5. The van der Waals surface area contributed by atoms with Crippen molar-refractivity contribution in [3.8, 4) is 0 Å². The maximum Gasteiger partial charge on any atom is 0.408 e. The van der Waals surface area contributed by atoms with Gasteiger partial charge in [0.2, 0.25) is 27.7 Å². The van der Waals surface area contributed by atoms with Crippen molar-refractivity contribution in [2.45, 2.75) is 108 Å². The van der Waals surface area contributed by atoms with E-state index in [0.717, 1.165) is 19.3 Å². The summed E-state index contributed by atoms with van der Waals surface area (Å²) in [5, 5.41) is 2.20. The van der Waals surface area contributed by atoms with Crippen LogP contribution in [0.15, 0.2) is 36.5 Å². The Morgan fingerprint density at radius 1 is 1.11 bits per heavy atom. The van der Waals surface area contributed by atoms with Gasteiger partial charge in [-0.25, -0.2) is 23.0 Å². The third kappa shape index (κ3) is 10.8. The number of primary amides is 1. The Hall–Kier alpha value is -4.01. The lowest BCUT2D eigenvalue weighted by Crippen LogP contribution is -2.53. The van der Waals surface area contributed by atoms with Crippen LogP contribution in [0, 0.1) is 11.8 Å². The van der Waals surface area contributed by atoms with E-state index in [1.54, 1.807) is 32.9 Å². The molecule has 2 aliphatic carbocycles. The number of nitrogens with zero attached hydrogens (tertiary/aromatic N) is 2. The predicted molar refractivity (Wildman–Crippen MR) is 170 cm³/mol. The summed E-state index contributed by atoms with van der Waals surface area (Å²) in [6.07, 6.45) is 8.70. The number of hydrogen-bond donors (Lipinski definition) is 3. The summed E-state index contributed by atoms with van der Waals surface area (Å²) < 4.78 is 37.1. The largest absolute Gasteiger partial charge is 0.456 e. The summed E-state index contributed by atoms with van der Waals surface area (Å²) in [5.41, 5.74) is 4.91. The van der Waals surface area contributed by atoms with Gasteiger partial charge in [0, 0.05) is 18.5 Å². The van der Waals surface area contributed by atoms with Gasteiger partial charge in [-0.15, -0.1) is 0 Å². The van der Waals surface area contributed by atoms with Gasteiger partial charge in [0.15, 0.2) is 0 Å². The molecule has 2 saturated carbocycles. The minimum Gasteiger partial charge on any atom is -0.456 e. The molecule has 5 atom stereocenters. The number of amides is 4. The second-order valence-electron chi connectivity index (χ2n) is 13.4. The van der Waals surface area contributed by atoms with E-state index < -0.39 is 68.8 Å². The van der Waals surface area contributed by atoms with Crippen LogP contribution in [0.25, 0.3) is 0 Å². The van der Waals surface area contributed by atoms with Crippen molar-refractivity contribution in [3.05, 3.63) is 42.2 Å². The van der Waals surface area contributed by atoms with Crippen molar-refractivity contribution < 1.29 is 41.9 Å². The number of unbranched alkanes of at least 4 members (excludes halogenated alkanes) is 3. The number of aromatic nitrogens is 1. The molecule has 1 saturated heterocycles. The van der Waals surface area contributed by atoms with Gasteiger partial charge in [-0.1, -0.05) is 31.1 Å². The molecule has 3 fully saturated rings. The van der Waals surface area contributed by atoms with Crippen molar-refractivity contribution in [2.75, 3.05) is 6.54 Å². The standard InChI is InChI=1S/C32H45N5O9S/c1-32(2,3)46-31(42)35-24(12-8-6-4-5-7-11-20-17-23(20)28(39)36-47(43,44)22-14-15-22)29(40)37-19-21(18-26(37)27(33)38)45-30(41)25-13-9-10-16-34-25/h7,9-11,13,16,20-24,26H,4-6,8,12,14-15,17-19H2,1-3H3,(H2,33,38)(H,35,42)(H,36,39)/b11-7-/t20-,21-,23+,24+,26+/m1/s1. The van der Waals surface area contributed by atoms with E-state index in [9.17, 15) is 32.4 Å². The summed E-state index contributed by atoms with van der Waals surface area (Å²) in [6.45, 7) is 5.03. The summed E-state index contributed by atoms with van der Waals surface area (Å²) in [5.74, 6) is -2.70. The van der Waals surface area contributed by atoms with Crippen LogP contribution in [0.2, 0.25) is 0 Å². The van der Waals surface area contributed by atoms with E-state index in [1.165, 1.54) is 17.2 Å². The Morgan fingerprint density at radius 2 is 1.85 bits per heavy atom. The normalized spacial score (nSPS) is 23.2. The Morgan fingerprint density at radius 3 is 2.49 bits per heavy atom. The number of allylic oxidation sites excluding steroid dienone is 2. The van der Waals surface area contributed by atoms with Crippen molar-refractivity contribution in [1.82, 2.24) is 19.9 Å². The highest BCUT2D eigenvalue weighted by atomic mass is 32.2. The Balaban J connectivity index is 1.27. The lowest BCUT2D eigenvalue weighted by molar-refractivity contribution is -0.139. The number of sulfonamides is 1. The monoisotopic (exact) mass is 675 g/mol. The molecule has 4 amide bonds. The number of likely N-dealkylation sites (tertiary alicyclic amines) is 1. The fourth-order valence-electron chi connectivity index (χ4n) is 5.46. The second kappa shape index (κ2) is 15.3. The molecule has 0 spiro atoms. The minimum absolute atomic E-state index is 0.0188. The quantitative estimate of drug-likeness (QED) is 0.141. The zero-order valence-electron chi connectivity index (χ0n) is 27.1. The van der Waals surface area contributed by atoms with Crippen LogP contribution in [0.4, 0.5) is 4.79 Å². The maximum atomic E-state index is 13.7. The highest BCUT2D eigenvalue weighted by Crippen LogP contribution is 2.40. The van der Waals surface area contributed by atoms with Gasteiger partial charge in [0.25, 0.3) is 0 Å². The molecule has 0 unspecified atom stereocenters. The molecule has 1 aromatic rings. The average Bonchev–Trinajstić information content (AvgIpc) is 3.92. The van der Waals surface area contributed by atoms with Crippen molar-refractivity contribution >= 4 is 39.8 Å². The lowest BCUT2D eigenvalue weighted by atomic mass is 10.0. The molecular formula is C32H45N5O9S. The average molecular weight is 676 g/mol. The van der Waals surface area contributed by atoms with Crippen LogP contribution >= 0.6 is 0 Å². The summed E-state index contributed by atoms with van der Waals surface area (Å²) >= 11 is 0. The van der Waals surface area contributed by atoms with Gasteiger partial charge in [0.05, 0.1) is 11.8 Å². The van der Waals surface area contributed by atoms with Crippen molar-refractivity contribution in [1.29, 1.82) is 0 Å². The van der Waals surface area contributed by atoms with Gasteiger partial charge in [0.1, 0.15) is 29.5 Å². The van der Waals surface area contributed by atoms with E-state index in [0.29, 0.717) is 25.7 Å². The maximum absolute atomic E-state index is 13.7. The second-order valence-corrected chi connectivity index (χ2v) is 15.3. The first-order valence-corrected chi connectivity index (χ1v) is 17.6. The molecule has 3 aliphatic rings. The number of nitrogens with one attached hydrogen (secondary N) is 2. The van der Waals surface area contributed by atoms with Crippen LogP contribution in [0.5, 0.6) is 0 Å². The number of rotatable bonds is 15. The molecule has 0 radical (unpaired) electrons. The molecule has 258 valence electrons. The molecule has 2 heterocycles. The van der Waals surface area contributed by atoms with Crippen LogP contribution in [-0.2, 0) is 33.9 Å². The van der Waals surface area contributed by atoms with E-state index in [2.05, 4.69) is 15.0 Å². The van der Waals surface area contributed by atoms with Crippen LogP contribution in [0.1, 0.15) is 89.0 Å². The highest BCUT2D eigenvalue weighted by Gasteiger charge is 2.45. The summed E-state index contributed by atoms with van der Waals surface area (Å²) in [6, 6.07) is 2.75. The number of carbonyl (C=O) groups excluding carboxylic acids is 5. The van der Waals surface area contributed by atoms with Gasteiger partial charge >= 0.3 is 12.1 Å². The molecule has 0 aromatic carbocycles. The van der Waals surface area contributed by atoms with Crippen molar-refractivity contribution in [3.63, 3.8) is 0 Å². The number of esters is 1. The molecular weight excluding hydrogens is 630 g/mol. The molecule has 1 aliphatic heterocycles. The molecule has 0 bridgehead atoms. The van der Waals surface area contributed by atoms with E-state index in [4.69, 9.17) is 15.2 Å². The predicted octanol–water partition coefficient (Wildman–Crippen LogP) is 2.34. The molecule has 4 rings (SSSR count). The third-order valence-electron chi connectivity index (χ3n) is 8.14. The van der Waals surface area contributed by atoms with Gasteiger partial charge < -0.3 is 25.4 Å². The summed E-state index contributed by atoms with van der Waals surface area (Å²) in [7, 11) is -3.54. The highest BCUT2D eigenvalue weighted by molar-refractivity contribution is 7.90. The fraction of sp³-hybridized carbons (Fsp3) is 0.625. The van der Waals surface area contributed by atoms with E-state index in [-0.39, 0.29) is 36.9 Å². The zero-order chi connectivity index (χ0) is 34.4. The molecule has 4 N–H and O–H groups in total. The van der Waals surface area contributed by atoms with Crippen LogP contribution in [-0.4, -0.2) is 83.7 Å². The first kappa shape index (κ1) is 35.8. The zero-order valence-corrected chi connectivity index (χ0v) is 27.9. The number of hydrogen-bond acceptors (Lipinski definition) is 10.